The van der Waals surface area contributed by atoms with Gasteiger partial charge in [-0.3, -0.25) is 0 Å². The van der Waals surface area contributed by atoms with E-state index in [1.807, 2.05) is 11.1 Å². The van der Waals surface area contributed by atoms with Gasteiger partial charge in [-0.1, -0.05) is 29.7 Å². The molecule has 0 bridgehead atoms. The second-order valence-electron chi connectivity index (χ2n) is 8.75. The monoisotopic (exact) mass is 284 g/mol. The number of ether oxygens (including phenoxy) is 1. The minimum atomic E-state index is 0.320. The molecule has 5 rings (SSSR count). The molecule has 0 radical (unpaired) electrons. The smallest absolute Gasteiger partial charge is 0.0972 e. The molecule has 3 unspecified atom stereocenters. The molecule has 5 atom stereocenters. The molecule has 3 fully saturated rings. The van der Waals surface area contributed by atoms with Gasteiger partial charge in [0.25, 0.3) is 0 Å². The summed E-state index contributed by atoms with van der Waals surface area (Å²) in [4.78, 5) is 0. The van der Waals surface area contributed by atoms with Gasteiger partial charge in [-0.25, -0.2) is 0 Å². The molecule has 1 aliphatic heterocycles. The Kier molecular flexibility index (Phi) is 2.49. The molecule has 21 heavy (non-hydrogen) atoms. The number of hydrogen-bond acceptors (Lipinski definition) is 1. The van der Waals surface area contributed by atoms with Gasteiger partial charge in [0, 0.05) is 5.41 Å². The van der Waals surface area contributed by atoms with E-state index in [-0.39, 0.29) is 0 Å². The zero-order valence-corrected chi connectivity index (χ0v) is 13.6. The van der Waals surface area contributed by atoms with E-state index >= 15 is 0 Å². The van der Waals surface area contributed by atoms with E-state index in [2.05, 4.69) is 19.9 Å². The first kappa shape index (κ1) is 12.9. The molecule has 5 aliphatic rings. The molecule has 0 amide bonds. The highest BCUT2D eigenvalue weighted by Crippen LogP contribution is 2.68. The summed E-state index contributed by atoms with van der Waals surface area (Å²) < 4.78 is 6.01. The summed E-state index contributed by atoms with van der Waals surface area (Å²) >= 11 is 0. The Hall–Kier alpha value is -0.560. The highest BCUT2D eigenvalue weighted by atomic mass is 16.6. The fourth-order valence-electron chi connectivity index (χ4n) is 6.73. The molecule has 2 saturated carbocycles. The van der Waals surface area contributed by atoms with Crippen molar-refractivity contribution in [1.82, 2.24) is 0 Å². The third-order valence-electron chi connectivity index (χ3n) is 8.06. The minimum Gasteiger partial charge on any atom is -0.369 e. The molecule has 1 heterocycles. The SMILES string of the molecule is CC1=CCC2=C(CCC3C2CC[C@@]2(C)C3CC[C@@]23CO3)C1. The second-order valence-corrected chi connectivity index (χ2v) is 8.75. The highest BCUT2D eigenvalue weighted by molar-refractivity contribution is 5.34. The fourth-order valence-corrected chi connectivity index (χ4v) is 6.73. The number of allylic oxidation sites excluding steroid dienone is 4. The number of epoxide rings is 1. The van der Waals surface area contributed by atoms with Crippen LogP contribution in [0.1, 0.15) is 65.2 Å². The lowest BCUT2D eigenvalue weighted by atomic mass is 9.53. The summed E-state index contributed by atoms with van der Waals surface area (Å²) in [7, 11) is 0. The van der Waals surface area contributed by atoms with E-state index in [0.717, 1.165) is 24.4 Å². The average molecular weight is 284 g/mol. The largest absolute Gasteiger partial charge is 0.369 e. The summed E-state index contributed by atoms with van der Waals surface area (Å²) in [5.74, 6) is 2.84. The molecule has 1 saturated heterocycles. The van der Waals surface area contributed by atoms with E-state index in [0.29, 0.717) is 11.0 Å². The average Bonchev–Trinajstić information content (AvgIpc) is 3.20. The second kappa shape index (κ2) is 4.04. The third kappa shape index (κ3) is 1.57. The Labute approximate surface area is 128 Å². The van der Waals surface area contributed by atoms with Crippen molar-refractivity contribution in [1.29, 1.82) is 0 Å². The summed E-state index contributed by atoms with van der Waals surface area (Å²) in [5.41, 5.74) is 6.14. The van der Waals surface area contributed by atoms with E-state index in [9.17, 15) is 0 Å². The van der Waals surface area contributed by atoms with Crippen LogP contribution in [0.2, 0.25) is 0 Å². The van der Waals surface area contributed by atoms with Crippen molar-refractivity contribution in [2.75, 3.05) is 6.61 Å². The highest BCUT2D eigenvalue weighted by Gasteiger charge is 2.68. The van der Waals surface area contributed by atoms with Crippen LogP contribution in [0.25, 0.3) is 0 Å². The van der Waals surface area contributed by atoms with Crippen molar-refractivity contribution in [3.63, 3.8) is 0 Å². The fraction of sp³-hybridized carbons (Fsp3) is 0.800. The Morgan fingerprint density at radius 1 is 1.19 bits per heavy atom. The zero-order valence-electron chi connectivity index (χ0n) is 13.6. The molecule has 0 aromatic carbocycles. The van der Waals surface area contributed by atoms with Gasteiger partial charge in [0.15, 0.2) is 0 Å². The van der Waals surface area contributed by atoms with Crippen LogP contribution < -0.4 is 0 Å². The first-order valence-corrected chi connectivity index (χ1v) is 9.13. The molecule has 1 spiro atoms. The summed E-state index contributed by atoms with van der Waals surface area (Å²) in [6.07, 6.45) is 13.6. The predicted octanol–water partition coefficient (Wildman–Crippen LogP) is 5.03. The predicted molar refractivity (Wildman–Crippen MR) is 85.0 cm³/mol. The third-order valence-corrected chi connectivity index (χ3v) is 8.06. The molecule has 0 aromatic rings. The van der Waals surface area contributed by atoms with Crippen LogP contribution in [-0.4, -0.2) is 12.2 Å². The Morgan fingerprint density at radius 3 is 2.86 bits per heavy atom. The lowest BCUT2D eigenvalue weighted by Gasteiger charge is -2.51. The maximum atomic E-state index is 6.01. The quantitative estimate of drug-likeness (QED) is 0.449. The van der Waals surface area contributed by atoms with E-state index in [1.165, 1.54) is 51.4 Å². The van der Waals surface area contributed by atoms with Gasteiger partial charge in [0.2, 0.25) is 0 Å². The molecule has 0 aromatic heterocycles. The number of hydrogen-bond donors (Lipinski definition) is 0. The van der Waals surface area contributed by atoms with Crippen molar-refractivity contribution in [2.45, 2.75) is 70.8 Å². The molecule has 4 aliphatic carbocycles. The standard InChI is InChI=1S/C20H28O/c1-13-3-5-15-14(11-13)4-6-17-16(15)7-9-19(2)18(17)8-10-20(19)12-21-20/h3,16-18H,4-12H2,1-2H3/t16?,17?,18?,19-,20+/m0/s1. The number of fused-ring (bicyclic) bond motifs is 5. The molecule has 114 valence electrons. The van der Waals surface area contributed by atoms with Gasteiger partial charge in [0.1, 0.15) is 0 Å². The van der Waals surface area contributed by atoms with Gasteiger partial charge < -0.3 is 4.74 Å². The van der Waals surface area contributed by atoms with Crippen molar-refractivity contribution in [3.05, 3.63) is 22.8 Å². The van der Waals surface area contributed by atoms with Crippen LogP contribution in [-0.2, 0) is 4.74 Å². The first-order chi connectivity index (χ1) is 10.1. The lowest BCUT2D eigenvalue weighted by Crippen LogP contribution is -2.46. The van der Waals surface area contributed by atoms with E-state index < -0.39 is 0 Å². The summed E-state index contributed by atoms with van der Waals surface area (Å²) in [6, 6.07) is 0. The summed E-state index contributed by atoms with van der Waals surface area (Å²) in [5, 5.41) is 0. The maximum absolute atomic E-state index is 6.01. The van der Waals surface area contributed by atoms with Crippen LogP contribution in [0, 0.1) is 23.2 Å². The minimum absolute atomic E-state index is 0.320. The molecule has 1 heteroatoms. The van der Waals surface area contributed by atoms with E-state index in [1.54, 1.807) is 5.57 Å². The Balaban J connectivity index is 1.48. The van der Waals surface area contributed by atoms with Crippen LogP contribution in [0.15, 0.2) is 22.8 Å². The van der Waals surface area contributed by atoms with Gasteiger partial charge >= 0.3 is 0 Å². The topological polar surface area (TPSA) is 12.5 Å². The first-order valence-electron chi connectivity index (χ1n) is 9.13. The Morgan fingerprint density at radius 2 is 2.05 bits per heavy atom. The van der Waals surface area contributed by atoms with Gasteiger partial charge in [-0.15, -0.1) is 0 Å². The van der Waals surface area contributed by atoms with Gasteiger partial charge in [-0.05, 0) is 76.0 Å². The molecular formula is C20H28O. The van der Waals surface area contributed by atoms with Crippen molar-refractivity contribution >= 4 is 0 Å². The van der Waals surface area contributed by atoms with Crippen LogP contribution in [0.5, 0.6) is 0 Å². The number of rotatable bonds is 0. The molecule has 0 N–H and O–H groups in total. The van der Waals surface area contributed by atoms with Gasteiger partial charge in [0.05, 0.1) is 12.2 Å². The lowest BCUT2D eigenvalue weighted by molar-refractivity contribution is 0.000134. The van der Waals surface area contributed by atoms with Crippen LogP contribution in [0.4, 0.5) is 0 Å². The summed E-state index contributed by atoms with van der Waals surface area (Å²) in [6.45, 7) is 5.95. The van der Waals surface area contributed by atoms with Crippen LogP contribution in [0.3, 0.4) is 0 Å². The zero-order chi connectivity index (χ0) is 14.2. The molecular weight excluding hydrogens is 256 g/mol. The van der Waals surface area contributed by atoms with Crippen molar-refractivity contribution in [2.24, 2.45) is 23.2 Å². The van der Waals surface area contributed by atoms with E-state index in [4.69, 9.17) is 4.74 Å². The van der Waals surface area contributed by atoms with Crippen LogP contribution >= 0.6 is 0 Å². The van der Waals surface area contributed by atoms with Crippen molar-refractivity contribution in [3.8, 4) is 0 Å². The van der Waals surface area contributed by atoms with Gasteiger partial charge in [-0.2, -0.15) is 0 Å². The maximum Gasteiger partial charge on any atom is 0.0972 e. The Bertz CT molecular complexity index is 550. The van der Waals surface area contributed by atoms with Crippen molar-refractivity contribution < 1.29 is 4.74 Å². The normalized spacial score (nSPS) is 51.3. The molecule has 1 nitrogen and oxygen atoms in total.